The molecule has 126 valence electrons. The molecule has 0 atom stereocenters. The number of amides is 1. The van der Waals surface area contributed by atoms with E-state index in [-0.39, 0.29) is 5.91 Å². The molecule has 0 spiro atoms. The Balaban J connectivity index is 1.77. The zero-order chi connectivity index (χ0) is 16.7. The van der Waals surface area contributed by atoms with E-state index in [1.807, 2.05) is 18.2 Å². The predicted octanol–water partition coefficient (Wildman–Crippen LogP) is 3.08. The van der Waals surface area contributed by atoms with E-state index in [0.717, 1.165) is 61.6 Å². The number of carbonyl (C=O) groups is 1. The highest BCUT2D eigenvalue weighted by atomic mass is 35.5. The van der Waals surface area contributed by atoms with Gasteiger partial charge in [0.15, 0.2) is 0 Å². The monoisotopic (exact) mass is 364 g/mol. The maximum Gasteiger partial charge on any atom is 0.227 e. The maximum absolute atomic E-state index is 12.0. The number of pyridine rings is 1. The number of anilines is 2. The number of hydrogen-bond acceptors (Lipinski definition) is 4. The van der Waals surface area contributed by atoms with Crippen LogP contribution in [0.3, 0.4) is 0 Å². The highest BCUT2D eigenvalue weighted by Gasteiger charge is 2.23. The molecule has 1 aromatic carbocycles. The van der Waals surface area contributed by atoms with Crippen molar-refractivity contribution in [2.24, 2.45) is 0 Å². The Morgan fingerprint density at radius 3 is 2.54 bits per heavy atom. The smallest absolute Gasteiger partial charge is 0.227 e. The van der Waals surface area contributed by atoms with Gasteiger partial charge in [-0.1, -0.05) is 23.2 Å². The van der Waals surface area contributed by atoms with E-state index in [0.29, 0.717) is 16.5 Å². The summed E-state index contributed by atoms with van der Waals surface area (Å²) in [4.78, 5) is 20.6. The van der Waals surface area contributed by atoms with Crippen molar-refractivity contribution >= 4 is 51.5 Å². The topological polar surface area (TPSA) is 48.5 Å². The number of nitrogens with one attached hydrogen (secondary N) is 1. The summed E-state index contributed by atoms with van der Waals surface area (Å²) in [5.41, 5.74) is 1.55. The minimum Gasteiger partial charge on any atom is -0.353 e. The number of carbonyl (C=O) groups excluding carboxylic acids is 1. The largest absolute Gasteiger partial charge is 0.353 e. The standard InChI is InChI=1S/C17H18Cl2N4O/c18-13-10-12(23-5-1-2-15(23)24)8-11-9-14(19)17(21-16(11)13)22-6-3-20-4-7-22/h8-10,20H,1-7H2. The number of rotatable bonds is 2. The van der Waals surface area contributed by atoms with E-state index < -0.39 is 0 Å². The van der Waals surface area contributed by atoms with Gasteiger partial charge in [0.05, 0.1) is 15.6 Å². The molecule has 2 saturated heterocycles. The zero-order valence-corrected chi connectivity index (χ0v) is 14.7. The fourth-order valence-corrected chi connectivity index (χ4v) is 3.91. The first kappa shape index (κ1) is 15.9. The SMILES string of the molecule is O=C1CCCN1c1cc(Cl)c2nc(N3CCNCC3)c(Cl)cc2c1. The first-order valence-corrected chi connectivity index (χ1v) is 8.95. The van der Waals surface area contributed by atoms with Crippen LogP contribution in [0.1, 0.15) is 12.8 Å². The second-order valence-electron chi connectivity index (χ2n) is 6.18. The molecule has 0 unspecified atom stereocenters. The summed E-state index contributed by atoms with van der Waals surface area (Å²) < 4.78 is 0. The van der Waals surface area contributed by atoms with E-state index in [2.05, 4.69) is 10.2 Å². The lowest BCUT2D eigenvalue weighted by Gasteiger charge is -2.29. The lowest BCUT2D eigenvalue weighted by atomic mass is 10.1. The molecule has 0 saturated carbocycles. The van der Waals surface area contributed by atoms with Gasteiger partial charge in [-0.2, -0.15) is 0 Å². The molecule has 0 bridgehead atoms. The van der Waals surface area contributed by atoms with E-state index in [4.69, 9.17) is 28.2 Å². The third-order valence-electron chi connectivity index (χ3n) is 4.59. The maximum atomic E-state index is 12.0. The Morgan fingerprint density at radius 1 is 1.04 bits per heavy atom. The predicted molar refractivity (Wildman–Crippen MR) is 98.4 cm³/mol. The Hall–Kier alpha value is -1.56. The van der Waals surface area contributed by atoms with E-state index in [1.165, 1.54) is 0 Å². The molecule has 0 aliphatic carbocycles. The molecule has 2 aromatic rings. The van der Waals surface area contributed by atoms with Gasteiger partial charge in [0.2, 0.25) is 5.91 Å². The highest BCUT2D eigenvalue weighted by Crippen LogP contribution is 2.35. The first-order chi connectivity index (χ1) is 11.6. The Bertz CT molecular complexity index is 805. The molecule has 1 aromatic heterocycles. The number of halogens is 2. The van der Waals surface area contributed by atoms with Crippen molar-refractivity contribution in [1.82, 2.24) is 10.3 Å². The molecule has 0 radical (unpaired) electrons. The van der Waals surface area contributed by atoms with Crippen molar-refractivity contribution in [3.8, 4) is 0 Å². The fourth-order valence-electron chi connectivity index (χ4n) is 3.37. The quantitative estimate of drug-likeness (QED) is 0.889. The first-order valence-electron chi connectivity index (χ1n) is 8.19. The third kappa shape index (κ3) is 2.81. The van der Waals surface area contributed by atoms with Crippen LogP contribution in [-0.4, -0.2) is 43.6 Å². The van der Waals surface area contributed by atoms with Crippen LogP contribution in [0.4, 0.5) is 11.5 Å². The minimum absolute atomic E-state index is 0.141. The van der Waals surface area contributed by atoms with Crippen molar-refractivity contribution in [1.29, 1.82) is 0 Å². The van der Waals surface area contributed by atoms with Crippen molar-refractivity contribution in [2.75, 3.05) is 42.5 Å². The molecular formula is C17H18Cl2N4O. The van der Waals surface area contributed by atoms with E-state index in [9.17, 15) is 4.79 Å². The Morgan fingerprint density at radius 2 is 1.83 bits per heavy atom. The second kappa shape index (κ2) is 6.39. The summed E-state index contributed by atoms with van der Waals surface area (Å²) >= 11 is 13.0. The number of nitrogens with zero attached hydrogens (tertiary/aromatic N) is 3. The van der Waals surface area contributed by atoms with Crippen LogP contribution in [0, 0.1) is 0 Å². The van der Waals surface area contributed by atoms with E-state index >= 15 is 0 Å². The fraction of sp³-hybridized carbons (Fsp3) is 0.412. The number of aromatic nitrogens is 1. The van der Waals surface area contributed by atoms with Crippen LogP contribution in [0.15, 0.2) is 18.2 Å². The molecule has 24 heavy (non-hydrogen) atoms. The van der Waals surface area contributed by atoms with Crippen LogP contribution < -0.4 is 15.1 Å². The minimum atomic E-state index is 0.141. The molecule has 3 heterocycles. The lowest BCUT2D eigenvalue weighted by molar-refractivity contribution is -0.117. The van der Waals surface area contributed by atoms with Gasteiger partial charge in [-0.15, -0.1) is 0 Å². The summed E-state index contributed by atoms with van der Waals surface area (Å²) in [7, 11) is 0. The Labute approximate surface area is 150 Å². The summed E-state index contributed by atoms with van der Waals surface area (Å²) in [6.45, 7) is 4.31. The molecule has 1 amide bonds. The molecular weight excluding hydrogens is 347 g/mol. The van der Waals surface area contributed by atoms with E-state index in [1.54, 1.807) is 4.90 Å². The average molecular weight is 365 g/mol. The van der Waals surface area contributed by atoms with Gasteiger partial charge in [0.25, 0.3) is 0 Å². The van der Waals surface area contributed by atoms with Gasteiger partial charge < -0.3 is 15.1 Å². The van der Waals surface area contributed by atoms with Crippen molar-refractivity contribution in [3.05, 3.63) is 28.2 Å². The number of piperazine rings is 1. The summed E-state index contributed by atoms with van der Waals surface area (Å²) in [6.07, 6.45) is 1.48. The van der Waals surface area contributed by atoms with Gasteiger partial charge in [0, 0.05) is 50.2 Å². The van der Waals surface area contributed by atoms with Gasteiger partial charge in [0.1, 0.15) is 5.82 Å². The normalized spacial score (nSPS) is 18.7. The van der Waals surface area contributed by atoms with Crippen molar-refractivity contribution in [2.45, 2.75) is 12.8 Å². The molecule has 5 nitrogen and oxygen atoms in total. The van der Waals surface area contributed by atoms with Gasteiger partial charge >= 0.3 is 0 Å². The molecule has 2 fully saturated rings. The second-order valence-corrected chi connectivity index (χ2v) is 6.99. The number of fused-ring (bicyclic) bond motifs is 1. The summed E-state index contributed by atoms with van der Waals surface area (Å²) in [5.74, 6) is 0.916. The lowest BCUT2D eigenvalue weighted by Crippen LogP contribution is -2.44. The summed E-state index contributed by atoms with van der Waals surface area (Å²) in [6, 6.07) is 5.68. The molecule has 2 aliphatic rings. The third-order valence-corrected chi connectivity index (χ3v) is 5.16. The van der Waals surface area contributed by atoms with Crippen LogP contribution in [0.5, 0.6) is 0 Å². The van der Waals surface area contributed by atoms with Gasteiger partial charge in [-0.05, 0) is 24.6 Å². The number of hydrogen-bond donors (Lipinski definition) is 1. The van der Waals surface area contributed by atoms with Crippen molar-refractivity contribution < 1.29 is 4.79 Å². The molecule has 1 N–H and O–H groups in total. The summed E-state index contributed by atoms with van der Waals surface area (Å²) in [5, 5.41) is 5.35. The van der Waals surface area contributed by atoms with Crippen LogP contribution in [0.25, 0.3) is 10.9 Å². The van der Waals surface area contributed by atoms with Gasteiger partial charge in [-0.3, -0.25) is 4.79 Å². The van der Waals surface area contributed by atoms with Crippen LogP contribution >= 0.6 is 23.2 Å². The molecule has 4 rings (SSSR count). The van der Waals surface area contributed by atoms with Crippen LogP contribution in [0.2, 0.25) is 10.0 Å². The molecule has 7 heteroatoms. The zero-order valence-electron chi connectivity index (χ0n) is 13.2. The van der Waals surface area contributed by atoms with Crippen LogP contribution in [-0.2, 0) is 4.79 Å². The molecule has 2 aliphatic heterocycles. The van der Waals surface area contributed by atoms with Crippen molar-refractivity contribution in [3.63, 3.8) is 0 Å². The Kier molecular flexibility index (Phi) is 4.24. The van der Waals surface area contributed by atoms with Gasteiger partial charge in [-0.25, -0.2) is 4.98 Å². The average Bonchev–Trinajstić information content (AvgIpc) is 3.01. The number of benzene rings is 1. The highest BCUT2D eigenvalue weighted by molar-refractivity contribution is 6.37.